The monoisotopic (exact) mass is 1170 g/mol. The number of nitrogens with zero attached hydrogens (tertiary/aromatic N) is 2. The van der Waals surface area contributed by atoms with Gasteiger partial charge in [-0.2, -0.15) is 0 Å². The van der Waals surface area contributed by atoms with Gasteiger partial charge in [-0.05, 0) is 86.9 Å². The molecule has 2 aromatic rings. The minimum absolute atomic E-state index is 0.0713. The number of carbonyl (C=O) groups excluding carboxylic acids is 7. The highest BCUT2D eigenvalue weighted by atomic mass is 32.2. The van der Waals surface area contributed by atoms with Gasteiger partial charge in [0.25, 0.3) is 0 Å². The molecule has 17 N–H and O–H groups in total. The molecular weight excluding hydrogens is 1090 g/mol. The van der Waals surface area contributed by atoms with Crippen LogP contribution in [0.3, 0.4) is 0 Å². The van der Waals surface area contributed by atoms with E-state index in [-0.39, 0.29) is 48.6 Å². The Labute approximate surface area is 481 Å². The van der Waals surface area contributed by atoms with Crippen molar-refractivity contribution >= 4 is 53.1 Å². The number of phenols is 3. The summed E-state index contributed by atoms with van der Waals surface area (Å²) in [5.74, 6) is -7.90. The smallest absolute Gasteiger partial charge is 0.248 e. The number of nitrogens with one attached hydrogen (secondary N) is 5. The van der Waals surface area contributed by atoms with Crippen LogP contribution >= 0.6 is 11.8 Å². The molecule has 25 nitrogen and oxygen atoms in total. The van der Waals surface area contributed by atoms with Gasteiger partial charge in [-0.15, -0.1) is 0 Å². The third-order valence-corrected chi connectivity index (χ3v) is 16.8. The second-order valence-electron chi connectivity index (χ2n) is 22.2. The number of aliphatic hydroxyl groups excluding tert-OH is 7. The van der Waals surface area contributed by atoms with Crippen molar-refractivity contribution in [3.05, 3.63) is 48.0 Å². The number of aromatic hydroxyl groups is 3. The van der Waals surface area contributed by atoms with E-state index in [2.05, 4.69) is 47.4 Å². The first-order valence-corrected chi connectivity index (χ1v) is 29.3. The lowest BCUT2D eigenvalue weighted by Crippen LogP contribution is -2.64. The number of carbonyl (C=O) groups is 7. The van der Waals surface area contributed by atoms with Gasteiger partial charge in [0.2, 0.25) is 41.4 Å². The predicted molar refractivity (Wildman–Crippen MR) is 299 cm³/mol. The molecule has 0 aromatic heterocycles. The van der Waals surface area contributed by atoms with Crippen molar-refractivity contribution in [2.75, 3.05) is 19.6 Å². The molecule has 5 rings (SSSR count). The Bertz CT molecular complexity index is 2460. The van der Waals surface area contributed by atoms with Crippen molar-refractivity contribution in [1.82, 2.24) is 36.4 Å². The number of thioether (sulfide) groups is 1. The molecule has 3 aliphatic heterocycles. The number of aliphatic hydroxyl groups is 7. The summed E-state index contributed by atoms with van der Waals surface area (Å²) < 4.78 is 0. The van der Waals surface area contributed by atoms with Crippen molar-refractivity contribution in [2.24, 2.45) is 17.6 Å². The molecule has 458 valence electrons. The van der Waals surface area contributed by atoms with Crippen LogP contribution in [-0.2, 0) is 33.6 Å². The van der Waals surface area contributed by atoms with Crippen molar-refractivity contribution < 1.29 is 84.6 Å². The highest BCUT2D eigenvalue weighted by Gasteiger charge is 2.49. The molecule has 7 amide bonds. The minimum Gasteiger partial charge on any atom is -0.508 e. The number of unbranched alkanes of at least 4 members (excludes halogenated alkanes) is 5. The molecule has 0 spiro atoms. The highest BCUT2D eigenvalue weighted by molar-refractivity contribution is 8.00. The average molecular weight is 1180 g/mol. The maximum absolute atomic E-state index is 14.7. The van der Waals surface area contributed by atoms with Crippen LogP contribution in [0.1, 0.15) is 129 Å². The Hall–Kier alpha value is -5.84. The molecule has 82 heavy (non-hydrogen) atoms. The van der Waals surface area contributed by atoms with Crippen LogP contribution in [-0.4, -0.2) is 200 Å². The van der Waals surface area contributed by atoms with E-state index in [4.69, 9.17) is 5.73 Å². The molecule has 0 aliphatic carbocycles. The number of nitrogens with two attached hydrogens (primary N) is 1. The lowest BCUT2D eigenvalue weighted by atomic mass is 9.91. The zero-order valence-electron chi connectivity index (χ0n) is 47.0. The Morgan fingerprint density at radius 1 is 0.707 bits per heavy atom. The van der Waals surface area contributed by atoms with Crippen LogP contribution in [0, 0.1) is 11.8 Å². The van der Waals surface area contributed by atoms with E-state index in [1.165, 1.54) is 24.6 Å². The van der Waals surface area contributed by atoms with Crippen LogP contribution < -0.4 is 32.3 Å². The summed E-state index contributed by atoms with van der Waals surface area (Å²) in [4.78, 5) is 103. The van der Waals surface area contributed by atoms with Gasteiger partial charge in [0.15, 0.2) is 11.5 Å². The summed E-state index contributed by atoms with van der Waals surface area (Å²) in [7, 11) is 0. The second kappa shape index (κ2) is 31.7. The van der Waals surface area contributed by atoms with E-state index in [0.717, 1.165) is 79.5 Å². The third-order valence-electron chi connectivity index (χ3n) is 15.5. The maximum atomic E-state index is 14.7. The molecule has 0 bridgehead atoms. The number of rotatable bonds is 22. The average Bonchev–Trinajstić information content (AvgIpc) is 4.14. The molecular formula is C56H86N8O17S. The zero-order valence-corrected chi connectivity index (χ0v) is 47.8. The predicted octanol–water partition coefficient (Wildman–Crippen LogP) is -0.657. The topological polar surface area (TPSA) is 414 Å². The molecule has 26 heteroatoms. The number of hydrogen-bond donors (Lipinski definition) is 16. The van der Waals surface area contributed by atoms with Gasteiger partial charge in [-0.25, -0.2) is 0 Å². The Morgan fingerprint density at radius 3 is 1.99 bits per heavy atom. The summed E-state index contributed by atoms with van der Waals surface area (Å²) in [6, 6.07) is -3.25. The van der Waals surface area contributed by atoms with Gasteiger partial charge in [0.05, 0.1) is 30.5 Å². The van der Waals surface area contributed by atoms with Gasteiger partial charge in [0, 0.05) is 37.2 Å². The van der Waals surface area contributed by atoms with Gasteiger partial charge >= 0.3 is 0 Å². The van der Waals surface area contributed by atoms with Crippen LogP contribution in [0.2, 0.25) is 0 Å². The molecule has 3 saturated heterocycles. The normalized spacial score (nSPS) is 27.6. The first-order chi connectivity index (χ1) is 38.8. The van der Waals surface area contributed by atoms with Gasteiger partial charge < -0.3 is 93.2 Å². The van der Waals surface area contributed by atoms with Crippen LogP contribution in [0.4, 0.5) is 0 Å². The second-order valence-corrected chi connectivity index (χ2v) is 23.4. The van der Waals surface area contributed by atoms with Gasteiger partial charge in [-0.1, -0.05) is 89.6 Å². The fourth-order valence-corrected chi connectivity index (χ4v) is 11.7. The number of fused-ring (bicyclic) bond motifs is 2. The Morgan fingerprint density at radius 2 is 1.34 bits per heavy atom. The summed E-state index contributed by atoms with van der Waals surface area (Å²) in [5.41, 5.74) is 5.70. The fourth-order valence-electron chi connectivity index (χ4n) is 10.6. The molecule has 3 heterocycles. The van der Waals surface area contributed by atoms with E-state index in [1.54, 1.807) is 0 Å². The van der Waals surface area contributed by atoms with Crippen LogP contribution in [0.15, 0.2) is 47.4 Å². The molecule has 3 fully saturated rings. The standard InChI is InChI=1S/C56H86N8O17S/c1-5-29(2)24-30(3)12-10-8-6-7-9-11-13-43(73)58-36-27-42(72)54(82-35-18-19-38(68)41(71)26-35)62-53(79)47-40(70)21-23-63(47)56(81)45(39(69)20-22-57)60-52(78)46(49(75)48(74)32-14-16-33(66)17-15-32)61-51(77)37-25-34(67)28-64(37)55(80)44(31(4)65)59-50(36)76/h14-19,26,29-31,34,36-37,39-40,42,44-49,54,65-72,74-75H,5-13,20-25,27-28,57H2,1-4H3,(H,58,73)(H,59,76)(H,60,78)(H,61,77)(H,62,79)/t29?,30?,31-,34-,36+,37+,39-,40+,42-,44+,45+,46+,47+,48+,49+,54-/m1/s1. The highest BCUT2D eigenvalue weighted by Crippen LogP contribution is 2.34. The summed E-state index contributed by atoms with van der Waals surface area (Å²) in [5, 5.41) is 121. The lowest BCUT2D eigenvalue weighted by molar-refractivity contribution is -0.148. The molecule has 0 saturated carbocycles. The van der Waals surface area contributed by atoms with Gasteiger partial charge in [-0.3, -0.25) is 33.6 Å². The SMILES string of the molecule is CCC(C)CC(C)CCCCCCCCC(=O)N[C@H]1C[C@@H](O)[C@@H](Sc2ccc(O)c(O)c2)NC(=O)[C@@H]2[C@@H](O)CCN2C(=O)[C@H]([C@H](O)CCN)NC(=O)[C@H]([C@H](O)[C@@H](O)c2ccc(O)cc2)NC(=O)[C@@H]2C[C@@H](O)CN2C(=O)[C@H]([C@@H](C)O)NC1=O. The largest absolute Gasteiger partial charge is 0.508 e. The Balaban J connectivity index is 1.54. The fraction of sp³-hybridized carbons (Fsp3) is 0.661. The van der Waals surface area contributed by atoms with Crippen molar-refractivity contribution in [3.63, 3.8) is 0 Å². The first kappa shape index (κ1) is 67.0. The number of amides is 7. The van der Waals surface area contributed by atoms with Crippen molar-refractivity contribution in [1.29, 1.82) is 0 Å². The summed E-state index contributed by atoms with van der Waals surface area (Å²) >= 11 is 0.688. The van der Waals surface area contributed by atoms with E-state index >= 15 is 0 Å². The minimum atomic E-state index is -2.31. The molecule has 2 unspecified atom stereocenters. The van der Waals surface area contributed by atoms with Crippen molar-refractivity contribution in [2.45, 2.75) is 207 Å². The van der Waals surface area contributed by atoms with E-state index in [0.29, 0.717) is 36.4 Å². The van der Waals surface area contributed by atoms with E-state index in [1.807, 2.05) is 0 Å². The summed E-state index contributed by atoms with van der Waals surface area (Å²) in [6.07, 6.45) is -6.29. The number of benzene rings is 2. The van der Waals surface area contributed by atoms with Crippen LogP contribution in [0.5, 0.6) is 17.2 Å². The third kappa shape index (κ3) is 18.6. The maximum Gasteiger partial charge on any atom is 0.248 e. The summed E-state index contributed by atoms with van der Waals surface area (Å²) in [6.45, 7) is 6.64. The van der Waals surface area contributed by atoms with E-state index in [9.17, 15) is 84.6 Å². The lowest BCUT2D eigenvalue weighted by Gasteiger charge is -2.35. The van der Waals surface area contributed by atoms with Crippen LogP contribution in [0.25, 0.3) is 0 Å². The molecule has 2 aromatic carbocycles. The van der Waals surface area contributed by atoms with Gasteiger partial charge in [0.1, 0.15) is 59.6 Å². The number of phenolic OH excluding ortho intramolecular Hbond substituents is 3. The molecule has 0 radical (unpaired) electrons. The Kier molecular flexibility index (Phi) is 25.9. The zero-order chi connectivity index (χ0) is 60.5. The number of hydrogen-bond acceptors (Lipinski definition) is 19. The molecule has 3 aliphatic rings. The van der Waals surface area contributed by atoms with E-state index < -0.39 is 157 Å². The molecule has 16 atom stereocenters. The van der Waals surface area contributed by atoms with Crippen molar-refractivity contribution in [3.8, 4) is 17.2 Å². The first-order valence-electron chi connectivity index (χ1n) is 28.4. The quantitative estimate of drug-likeness (QED) is 0.0514.